The molecule has 2 unspecified atom stereocenters. The molecule has 0 saturated carbocycles. The Morgan fingerprint density at radius 3 is 2.30 bits per heavy atom. The molecule has 2 atom stereocenters. The summed E-state index contributed by atoms with van der Waals surface area (Å²) in [6, 6.07) is 0.552. The maximum absolute atomic E-state index is 4.89. The van der Waals surface area contributed by atoms with Crippen LogP contribution in [-0.4, -0.2) is 29.6 Å². The van der Waals surface area contributed by atoms with Gasteiger partial charge in [0.05, 0.1) is 0 Å². The van der Waals surface area contributed by atoms with Crippen molar-refractivity contribution >= 4 is 11.6 Å². The van der Waals surface area contributed by atoms with Gasteiger partial charge in [0.1, 0.15) is 17.5 Å². The molecule has 2 rings (SSSR count). The molecule has 1 aliphatic rings. The van der Waals surface area contributed by atoms with Crippen molar-refractivity contribution < 1.29 is 0 Å². The van der Waals surface area contributed by atoms with Gasteiger partial charge in [0.2, 0.25) is 0 Å². The SMILES string of the molecule is CNc1nc(C(C)(C)C)nc(N2CC(C)CC2C)c1C. The summed E-state index contributed by atoms with van der Waals surface area (Å²) in [4.78, 5) is 12.0. The second kappa shape index (κ2) is 5.23. The standard InChI is InChI=1S/C16H28N4/c1-10-8-11(2)20(9-10)14-12(3)13(17-7)18-15(19-14)16(4,5)6/h10-11H,8-9H2,1-7H3,(H,17,18,19). The van der Waals surface area contributed by atoms with Gasteiger partial charge in [-0.25, -0.2) is 9.97 Å². The first kappa shape index (κ1) is 15.1. The lowest BCUT2D eigenvalue weighted by Crippen LogP contribution is -2.30. The minimum Gasteiger partial charge on any atom is -0.373 e. The second-order valence-electron chi connectivity index (χ2n) is 7.19. The van der Waals surface area contributed by atoms with E-state index in [1.165, 1.54) is 6.42 Å². The lowest BCUT2D eigenvalue weighted by atomic mass is 9.95. The maximum atomic E-state index is 4.89. The van der Waals surface area contributed by atoms with Gasteiger partial charge in [-0.05, 0) is 26.2 Å². The van der Waals surface area contributed by atoms with E-state index in [2.05, 4.69) is 56.7 Å². The van der Waals surface area contributed by atoms with Gasteiger partial charge in [0, 0.05) is 30.6 Å². The van der Waals surface area contributed by atoms with E-state index in [9.17, 15) is 0 Å². The first-order valence-electron chi connectivity index (χ1n) is 7.57. The lowest BCUT2D eigenvalue weighted by Gasteiger charge is -2.28. The number of hydrogen-bond acceptors (Lipinski definition) is 4. The third-order valence-corrected chi connectivity index (χ3v) is 4.08. The van der Waals surface area contributed by atoms with Crippen LogP contribution >= 0.6 is 0 Å². The van der Waals surface area contributed by atoms with Crippen LogP contribution in [0.4, 0.5) is 11.6 Å². The summed E-state index contributed by atoms with van der Waals surface area (Å²) >= 11 is 0. The number of anilines is 2. The fourth-order valence-corrected chi connectivity index (χ4v) is 2.96. The van der Waals surface area contributed by atoms with Gasteiger partial charge in [-0.3, -0.25) is 0 Å². The van der Waals surface area contributed by atoms with Crippen molar-refractivity contribution in [2.75, 3.05) is 23.8 Å². The van der Waals surface area contributed by atoms with Crippen LogP contribution in [0.25, 0.3) is 0 Å². The van der Waals surface area contributed by atoms with E-state index < -0.39 is 0 Å². The number of aromatic nitrogens is 2. The van der Waals surface area contributed by atoms with Crippen LogP contribution in [0.2, 0.25) is 0 Å². The van der Waals surface area contributed by atoms with E-state index >= 15 is 0 Å². The van der Waals surface area contributed by atoms with Crippen LogP contribution in [0.5, 0.6) is 0 Å². The van der Waals surface area contributed by atoms with Crippen molar-refractivity contribution in [1.82, 2.24) is 9.97 Å². The Kier molecular flexibility index (Phi) is 3.94. The third kappa shape index (κ3) is 2.74. The fourth-order valence-electron chi connectivity index (χ4n) is 2.96. The minimum absolute atomic E-state index is 0.0391. The number of rotatable bonds is 2. The number of nitrogens with zero attached hydrogens (tertiary/aromatic N) is 3. The molecule has 112 valence electrons. The molecule has 20 heavy (non-hydrogen) atoms. The zero-order chi connectivity index (χ0) is 15.1. The van der Waals surface area contributed by atoms with Crippen molar-refractivity contribution in [3.8, 4) is 0 Å². The van der Waals surface area contributed by atoms with Gasteiger partial charge in [-0.15, -0.1) is 0 Å². The zero-order valence-corrected chi connectivity index (χ0v) is 13.9. The molecule has 1 saturated heterocycles. The van der Waals surface area contributed by atoms with Crippen LogP contribution in [0.15, 0.2) is 0 Å². The Labute approximate surface area is 123 Å². The van der Waals surface area contributed by atoms with E-state index in [1.807, 2.05) is 7.05 Å². The fraction of sp³-hybridized carbons (Fsp3) is 0.750. The quantitative estimate of drug-likeness (QED) is 0.899. The van der Waals surface area contributed by atoms with Crippen LogP contribution < -0.4 is 10.2 Å². The summed E-state index contributed by atoms with van der Waals surface area (Å²) in [6.45, 7) is 14.3. The van der Waals surface area contributed by atoms with Gasteiger partial charge in [0.15, 0.2) is 0 Å². The minimum atomic E-state index is -0.0391. The summed E-state index contributed by atoms with van der Waals surface area (Å²) in [5.74, 6) is 3.70. The van der Waals surface area contributed by atoms with Crippen molar-refractivity contribution in [3.05, 3.63) is 11.4 Å². The first-order valence-corrected chi connectivity index (χ1v) is 7.57. The normalized spacial score (nSPS) is 23.2. The molecule has 0 radical (unpaired) electrons. The molecule has 1 aromatic rings. The van der Waals surface area contributed by atoms with Crippen molar-refractivity contribution in [2.45, 2.75) is 59.4 Å². The van der Waals surface area contributed by atoms with Gasteiger partial charge in [-0.1, -0.05) is 27.7 Å². The monoisotopic (exact) mass is 276 g/mol. The molecular weight excluding hydrogens is 248 g/mol. The summed E-state index contributed by atoms with van der Waals surface area (Å²) in [5.41, 5.74) is 1.12. The molecule has 1 aromatic heterocycles. The average Bonchev–Trinajstić information content (AvgIpc) is 2.67. The predicted octanol–water partition coefficient (Wildman–Crippen LogP) is 3.36. The first-order chi connectivity index (χ1) is 9.24. The molecule has 0 spiro atoms. The van der Waals surface area contributed by atoms with Crippen molar-refractivity contribution in [1.29, 1.82) is 0 Å². The van der Waals surface area contributed by atoms with E-state index in [0.717, 1.165) is 35.5 Å². The highest BCUT2D eigenvalue weighted by atomic mass is 15.2. The molecule has 4 heteroatoms. The number of nitrogens with one attached hydrogen (secondary N) is 1. The molecule has 0 amide bonds. The zero-order valence-electron chi connectivity index (χ0n) is 13.9. The highest BCUT2D eigenvalue weighted by Crippen LogP contribution is 2.33. The second-order valence-corrected chi connectivity index (χ2v) is 7.19. The molecule has 0 aromatic carbocycles. The summed E-state index contributed by atoms with van der Waals surface area (Å²) < 4.78 is 0. The van der Waals surface area contributed by atoms with Gasteiger partial charge >= 0.3 is 0 Å². The highest BCUT2D eigenvalue weighted by molar-refractivity contribution is 5.59. The third-order valence-electron chi connectivity index (χ3n) is 4.08. The smallest absolute Gasteiger partial charge is 0.138 e. The molecular formula is C16H28N4. The van der Waals surface area contributed by atoms with Crippen LogP contribution in [0, 0.1) is 12.8 Å². The Hall–Kier alpha value is -1.32. The van der Waals surface area contributed by atoms with E-state index in [4.69, 9.17) is 4.98 Å². The summed E-state index contributed by atoms with van der Waals surface area (Å²) in [7, 11) is 1.93. The molecule has 0 aliphatic carbocycles. The molecule has 2 heterocycles. The van der Waals surface area contributed by atoms with Gasteiger partial charge < -0.3 is 10.2 Å². The van der Waals surface area contributed by atoms with Crippen LogP contribution in [-0.2, 0) is 5.41 Å². The molecule has 1 N–H and O–H groups in total. The van der Waals surface area contributed by atoms with E-state index in [0.29, 0.717) is 6.04 Å². The topological polar surface area (TPSA) is 41.1 Å². The van der Waals surface area contributed by atoms with E-state index in [1.54, 1.807) is 0 Å². The molecule has 4 nitrogen and oxygen atoms in total. The van der Waals surface area contributed by atoms with Gasteiger partial charge in [0.25, 0.3) is 0 Å². The predicted molar refractivity (Wildman–Crippen MR) is 85.6 cm³/mol. The van der Waals surface area contributed by atoms with Crippen molar-refractivity contribution in [2.24, 2.45) is 5.92 Å². The van der Waals surface area contributed by atoms with Crippen LogP contribution in [0.1, 0.15) is 52.4 Å². The van der Waals surface area contributed by atoms with E-state index in [-0.39, 0.29) is 5.41 Å². The van der Waals surface area contributed by atoms with Crippen molar-refractivity contribution in [3.63, 3.8) is 0 Å². The Bertz CT molecular complexity index is 490. The Morgan fingerprint density at radius 1 is 1.20 bits per heavy atom. The molecule has 1 aliphatic heterocycles. The highest BCUT2D eigenvalue weighted by Gasteiger charge is 2.30. The molecule has 1 fully saturated rings. The maximum Gasteiger partial charge on any atom is 0.138 e. The number of hydrogen-bond donors (Lipinski definition) is 1. The average molecular weight is 276 g/mol. The molecule has 0 bridgehead atoms. The summed E-state index contributed by atoms with van der Waals surface area (Å²) in [6.07, 6.45) is 1.24. The lowest BCUT2D eigenvalue weighted by molar-refractivity contribution is 0.543. The summed E-state index contributed by atoms with van der Waals surface area (Å²) in [5, 5.41) is 3.22. The van der Waals surface area contributed by atoms with Crippen LogP contribution in [0.3, 0.4) is 0 Å². The Balaban J connectivity index is 2.51. The largest absolute Gasteiger partial charge is 0.373 e. The van der Waals surface area contributed by atoms with Gasteiger partial charge in [-0.2, -0.15) is 0 Å². The Morgan fingerprint density at radius 2 is 1.85 bits per heavy atom.